The monoisotopic (exact) mass is 337 g/mol. The fourth-order valence-electron chi connectivity index (χ4n) is 3.00. The van der Waals surface area contributed by atoms with Crippen molar-refractivity contribution in [1.82, 2.24) is 9.97 Å². The first-order valence-corrected chi connectivity index (χ1v) is 7.83. The number of rotatable bonds is 3. The van der Waals surface area contributed by atoms with Gasteiger partial charge in [-0.05, 0) is 30.4 Å². The van der Waals surface area contributed by atoms with Gasteiger partial charge in [0.15, 0.2) is 0 Å². The topological polar surface area (TPSA) is 49.2 Å². The molecule has 128 valence electrons. The lowest BCUT2D eigenvalue weighted by Crippen LogP contribution is -2.37. The lowest BCUT2D eigenvalue weighted by atomic mass is 9.87. The zero-order valence-corrected chi connectivity index (χ0v) is 12.9. The van der Waals surface area contributed by atoms with Crippen LogP contribution in [0.1, 0.15) is 30.2 Å². The first kappa shape index (κ1) is 16.7. The van der Waals surface area contributed by atoms with Crippen LogP contribution in [-0.2, 0) is 6.18 Å². The predicted octanol–water partition coefficient (Wildman–Crippen LogP) is 3.45. The minimum absolute atomic E-state index is 0.0782. The van der Waals surface area contributed by atoms with Crippen LogP contribution in [0.5, 0.6) is 0 Å². The number of benzene rings is 1. The van der Waals surface area contributed by atoms with Crippen molar-refractivity contribution in [3.8, 4) is 0 Å². The number of aliphatic hydroxyl groups excluding tert-OH is 1. The molecule has 1 N–H and O–H groups in total. The SMILES string of the molecule is OC(c1ccccc1)C1CCN(c2nccc(C(F)(F)F)n2)CC1. The second kappa shape index (κ2) is 6.76. The molecular weight excluding hydrogens is 319 g/mol. The molecule has 1 fully saturated rings. The number of hydrogen-bond acceptors (Lipinski definition) is 4. The Balaban J connectivity index is 1.65. The van der Waals surface area contributed by atoms with Crippen LogP contribution in [0.3, 0.4) is 0 Å². The largest absolute Gasteiger partial charge is 0.433 e. The number of alkyl halides is 3. The zero-order valence-electron chi connectivity index (χ0n) is 12.9. The summed E-state index contributed by atoms with van der Waals surface area (Å²) in [7, 11) is 0. The predicted molar refractivity (Wildman–Crippen MR) is 83.4 cm³/mol. The molecule has 7 heteroatoms. The van der Waals surface area contributed by atoms with E-state index in [0.29, 0.717) is 25.9 Å². The van der Waals surface area contributed by atoms with Crippen molar-refractivity contribution in [1.29, 1.82) is 0 Å². The summed E-state index contributed by atoms with van der Waals surface area (Å²) in [5, 5.41) is 10.5. The van der Waals surface area contributed by atoms with Crippen LogP contribution in [0.15, 0.2) is 42.6 Å². The average molecular weight is 337 g/mol. The summed E-state index contributed by atoms with van der Waals surface area (Å²) in [6.45, 7) is 1.05. The highest BCUT2D eigenvalue weighted by atomic mass is 19.4. The molecule has 0 spiro atoms. The third-order valence-corrected chi connectivity index (χ3v) is 4.34. The molecule has 3 rings (SSSR count). The number of hydrogen-bond donors (Lipinski definition) is 1. The molecule has 0 amide bonds. The Kier molecular flexibility index (Phi) is 4.71. The minimum atomic E-state index is -4.47. The van der Waals surface area contributed by atoms with Crippen molar-refractivity contribution in [2.75, 3.05) is 18.0 Å². The molecule has 24 heavy (non-hydrogen) atoms. The standard InChI is InChI=1S/C17H18F3N3O/c18-17(19,20)14-6-9-21-16(22-14)23-10-7-13(8-11-23)15(24)12-4-2-1-3-5-12/h1-6,9,13,15,24H,7-8,10-11H2. The van der Waals surface area contributed by atoms with Crippen LogP contribution in [0.4, 0.5) is 19.1 Å². The summed E-state index contributed by atoms with van der Waals surface area (Å²) in [6, 6.07) is 10.3. The van der Waals surface area contributed by atoms with Gasteiger partial charge in [0.05, 0.1) is 6.10 Å². The third-order valence-electron chi connectivity index (χ3n) is 4.34. The number of piperidine rings is 1. The first-order chi connectivity index (χ1) is 11.4. The van der Waals surface area contributed by atoms with Crippen LogP contribution in [0.25, 0.3) is 0 Å². The fraction of sp³-hybridized carbons (Fsp3) is 0.412. The van der Waals surface area contributed by atoms with Crippen LogP contribution < -0.4 is 4.90 Å². The van der Waals surface area contributed by atoms with E-state index in [4.69, 9.17) is 0 Å². The van der Waals surface area contributed by atoms with E-state index in [1.54, 1.807) is 4.90 Å². The van der Waals surface area contributed by atoms with Gasteiger partial charge in [0.1, 0.15) is 5.69 Å². The van der Waals surface area contributed by atoms with Gasteiger partial charge in [-0.3, -0.25) is 0 Å². The lowest BCUT2D eigenvalue weighted by Gasteiger charge is -2.34. The van der Waals surface area contributed by atoms with Crippen molar-refractivity contribution in [3.63, 3.8) is 0 Å². The fourth-order valence-corrected chi connectivity index (χ4v) is 3.00. The molecule has 1 saturated heterocycles. The molecule has 1 aromatic carbocycles. The van der Waals surface area contributed by atoms with E-state index in [2.05, 4.69) is 9.97 Å². The van der Waals surface area contributed by atoms with Crippen LogP contribution in [0.2, 0.25) is 0 Å². The number of nitrogens with zero attached hydrogens (tertiary/aromatic N) is 3. The van der Waals surface area contributed by atoms with Gasteiger partial charge in [-0.25, -0.2) is 9.97 Å². The maximum absolute atomic E-state index is 12.7. The molecule has 1 aliphatic heterocycles. The number of aliphatic hydroxyl groups is 1. The molecule has 0 saturated carbocycles. The highest BCUT2D eigenvalue weighted by Crippen LogP contribution is 2.32. The Morgan fingerprint density at radius 2 is 1.75 bits per heavy atom. The molecule has 1 aliphatic rings. The van der Waals surface area contributed by atoms with Crippen molar-refractivity contribution < 1.29 is 18.3 Å². The Bertz CT molecular complexity index is 670. The van der Waals surface area contributed by atoms with Crippen molar-refractivity contribution in [2.24, 2.45) is 5.92 Å². The highest BCUT2D eigenvalue weighted by Gasteiger charge is 2.34. The van der Waals surface area contributed by atoms with Crippen molar-refractivity contribution in [2.45, 2.75) is 25.1 Å². The Morgan fingerprint density at radius 3 is 2.38 bits per heavy atom. The van der Waals surface area contributed by atoms with E-state index in [1.807, 2.05) is 30.3 Å². The molecule has 0 radical (unpaired) electrons. The number of anilines is 1. The van der Waals surface area contributed by atoms with Gasteiger partial charge in [0.2, 0.25) is 5.95 Å². The van der Waals surface area contributed by atoms with E-state index >= 15 is 0 Å². The maximum Gasteiger partial charge on any atom is 0.433 e. The minimum Gasteiger partial charge on any atom is -0.388 e. The van der Waals surface area contributed by atoms with Gasteiger partial charge in [0, 0.05) is 19.3 Å². The normalized spacial score (nSPS) is 17.8. The molecule has 1 aromatic heterocycles. The summed E-state index contributed by atoms with van der Waals surface area (Å²) in [4.78, 5) is 9.32. The van der Waals surface area contributed by atoms with Gasteiger partial charge < -0.3 is 10.0 Å². The Labute approximate surface area is 138 Å². The summed E-state index contributed by atoms with van der Waals surface area (Å²) in [5.74, 6) is 0.173. The van der Waals surface area contributed by atoms with Gasteiger partial charge in [-0.2, -0.15) is 13.2 Å². The second-order valence-corrected chi connectivity index (χ2v) is 5.92. The summed E-state index contributed by atoms with van der Waals surface area (Å²) in [5.41, 5.74) is -0.0646. The summed E-state index contributed by atoms with van der Waals surface area (Å²) in [6.07, 6.45) is -2.54. The lowest BCUT2D eigenvalue weighted by molar-refractivity contribution is -0.141. The first-order valence-electron chi connectivity index (χ1n) is 7.83. The quantitative estimate of drug-likeness (QED) is 0.932. The Hall–Kier alpha value is -2.15. The molecule has 1 unspecified atom stereocenters. The number of halogens is 3. The van der Waals surface area contributed by atoms with E-state index in [1.165, 1.54) is 0 Å². The molecule has 2 heterocycles. The van der Waals surface area contributed by atoms with E-state index in [9.17, 15) is 18.3 Å². The zero-order chi connectivity index (χ0) is 17.2. The molecule has 1 atom stereocenters. The average Bonchev–Trinajstić information content (AvgIpc) is 2.61. The summed E-state index contributed by atoms with van der Waals surface area (Å²) < 4.78 is 38.2. The van der Waals surface area contributed by atoms with Crippen molar-refractivity contribution in [3.05, 3.63) is 53.9 Å². The summed E-state index contributed by atoms with van der Waals surface area (Å²) >= 11 is 0. The highest BCUT2D eigenvalue weighted by molar-refractivity contribution is 5.32. The van der Waals surface area contributed by atoms with Gasteiger partial charge in [-0.15, -0.1) is 0 Å². The van der Waals surface area contributed by atoms with E-state index < -0.39 is 18.0 Å². The van der Waals surface area contributed by atoms with Gasteiger partial charge in [0.25, 0.3) is 0 Å². The van der Waals surface area contributed by atoms with Gasteiger partial charge >= 0.3 is 6.18 Å². The van der Waals surface area contributed by atoms with E-state index in [-0.39, 0.29) is 11.9 Å². The smallest absolute Gasteiger partial charge is 0.388 e. The van der Waals surface area contributed by atoms with E-state index in [0.717, 1.165) is 17.8 Å². The van der Waals surface area contributed by atoms with Crippen LogP contribution >= 0.6 is 0 Å². The molecular formula is C17H18F3N3O. The molecule has 4 nitrogen and oxygen atoms in total. The second-order valence-electron chi connectivity index (χ2n) is 5.92. The van der Waals surface area contributed by atoms with Crippen LogP contribution in [-0.4, -0.2) is 28.2 Å². The number of aromatic nitrogens is 2. The van der Waals surface area contributed by atoms with Gasteiger partial charge in [-0.1, -0.05) is 30.3 Å². The third kappa shape index (κ3) is 3.67. The van der Waals surface area contributed by atoms with Crippen molar-refractivity contribution >= 4 is 5.95 Å². The molecule has 0 bridgehead atoms. The molecule has 2 aromatic rings. The Morgan fingerprint density at radius 1 is 1.08 bits per heavy atom. The van der Waals surface area contributed by atoms with Crippen LogP contribution in [0, 0.1) is 5.92 Å². The molecule has 0 aliphatic carbocycles. The maximum atomic E-state index is 12.7.